The Balaban J connectivity index is 0.00000729. The van der Waals surface area contributed by atoms with Gasteiger partial charge in [0.15, 0.2) is 5.96 Å². The number of aryl methyl sites for hydroxylation is 1. The van der Waals surface area contributed by atoms with Gasteiger partial charge in [-0.25, -0.2) is 13.4 Å². The smallest absolute Gasteiger partial charge is 0.748 e. The number of benzene rings is 5. The fraction of sp³-hybridized carbons (Fsp3) is 0.466. The summed E-state index contributed by atoms with van der Waals surface area (Å²) in [6.07, 6.45) is 12.0. The number of aromatic hydroxyl groups is 1. The van der Waals surface area contributed by atoms with Crippen LogP contribution in [0.5, 0.6) is 11.5 Å². The maximum atomic E-state index is 14.5. The molecule has 1 aromatic heterocycles. The second kappa shape index (κ2) is 25.3. The van der Waals surface area contributed by atoms with E-state index in [0.717, 1.165) is 90.8 Å². The molecule has 4 aliphatic carbocycles. The second-order valence-electron chi connectivity index (χ2n) is 27.3. The van der Waals surface area contributed by atoms with Crippen molar-refractivity contribution < 1.29 is 67.3 Å². The van der Waals surface area contributed by atoms with Crippen LogP contribution in [-0.4, -0.2) is 75.9 Å². The van der Waals surface area contributed by atoms with E-state index in [1.807, 2.05) is 36.5 Å². The van der Waals surface area contributed by atoms with Gasteiger partial charge in [-0.2, -0.15) is 0 Å². The molecule has 7 heterocycles. The van der Waals surface area contributed by atoms with E-state index in [1.165, 1.54) is 16.7 Å². The number of nitrogens with zero attached hydrogens (tertiary/aromatic N) is 1. The fourth-order valence-electron chi connectivity index (χ4n) is 18.1. The Morgan fingerprint density at radius 2 is 1.67 bits per heavy atom. The Labute approximate surface area is 546 Å². The van der Waals surface area contributed by atoms with Crippen molar-refractivity contribution in [2.45, 2.75) is 149 Å². The minimum absolute atomic E-state index is 0. The number of aliphatic hydroxyl groups excluding tert-OH is 1. The van der Waals surface area contributed by atoms with Crippen LogP contribution in [0.1, 0.15) is 163 Å². The number of ether oxygens (including phenoxy) is 2. The van der Waals surface area contributed by atoms with Gasteiger partial charge >= 0.3 is 29.6 Å². The Kier molecular flexibility index (Phi) is 17.6. The van der Waals surface area contributed by atoms with Crippen LogP contribution in [0.2, 0.25) is 0 Å². The van der Waals surface area contributed by atoms with E-state index in [2.05, 4.69) is 119 Å². The van der Waals surface area contributed by atoms with E-state index in [-0.39, 0.29) is 102 Å². The predicted octanol–water partition coefficient (Wildman–Crippen LogP) is 8.03. The van der Waals surface area contributed by atoms with Gasteiger partial charge in [0.25, 0.3) is 0 Å². The van der Waals surface area contributed by atoms with Crippen molar-refractivity contribution in [2.24, 2.45) is 57.9 Å². The monoisotopic (exact) mass is 1230 g/mol. The summed E-state index contributed by atoms with van der Waals surface area (Å²) in [5, 5.41) is 41.9. The molecule has 0 amide bonds. The summed E-state index contributed by atoms with van der Waals surface area (Å²) in [4.78, 5) is 8.67. The molecule has 10 bridgehead atoms. The standard InChI is InChI=1S/C73H84N6O8S.Na/c1-43-12-13-50-35-57-24-26-59(50)61(43)39-67(88(83,84)85)63-38-53-33-52(36-58-31-45(42-80)9-5-10-49-34-56(81)23-25-60(49)70(53)86-58)69(63)47-16-20-55(21-17-47)73(87-57,79-71(74)75)64-27-22-54-19-18-51(40-72(54,82)65(64)32-44-7-3-2-4-8-44)48-15-14-46-28-30-76-66(62(46)37-48)41-78-68-11-6-29-77-68;/h2-4,6-8,11,14-17,20-21,23-26,29,34-35,37-38,43,45,51-52,54,58,61,63-67,69-70,76-78,80-82H,9,12-13,18-19,22,27-28,30-33,36,39-42H2,1H3,(H4,74,75,79)(H,83,84,85);/q;+1/p-1. The third-order valence-electron chi connectivity index (χ3n) is 22.3. The van der Waals surface area contributed by atoms with Crippen LogP contribution in [0, 0.1) is 53.3 Å². The van der Waals surface area contributed by atoms with Crippen molar-refractivity contribution >= 4 is 21.9 Å². The topological polar surface area (TPSA) is 241 Å². The number of hydrogen-bond donors (Lipinski definition) is 8. The minimum Gasteiger partial charge on any atom is -0.748 e. The number of aromatic amines is 1. The third kappa shape index (κ3) is 12.0. The molecular weight excluding hydrogens is 1140 g/mol. The van der Waals surface area contributed by atoms with Gasteiger partial charge in [-0.15, -0.1) is 0 Å². The van der Waals surface area contributed by atoms with Crippen LogP contribution < -0.4 is 56.4 Å². The number of allylic oxidation sites excluding steroid dienone is 1. The molecule has 460 valence electrons. The number of rotatable bonds is 10. The molecule has 16 rings (SSSR count). The van der Waals surface area contributed by atoms with Crippen LogP contribution in [0.4, 0.5) is 5.82 Å². The van der Waals surface area contributed by atoms with Crippen molar-refractivity contribution in [3.05, 3.63) is 195 Å². The van der Waals surface area contributed by atoms with Crippen molar-refractivity contribution in [3.63, 3.8) is 0 Å². The van der Waals surface area contributed by atoms with Crippen molar-refractivity contribution in [3.8, 4) is 23.3 Å². The molecule has 3 fully saturated rings. The average Bonchev–Trinajstić information content (AvgIpc) is 1.21. The number of aliphatic hydroxyl groups is 2. The van der Waals surface area contributed by atoms with Gasteiger partial charge in [0, 0.05) is 60.3 Å². The number of hydrogen-bond acceptors (Lipinski definition) is 11. The Hall–Kier alpha value is -5.90. The number of phenolic OH excluding ortho intramolecular Hbond substituents is 1. The molecule has 6 aliphatic heterocycles. The number of anilines is 1. The number of aliphatic imine (C=N–C) groups is 1. The van der Waals surface area contributed by atoms with Crippen LogP contribution in [-0.2, 0) is 39.8 Å². The van der Waals surface area contributed by atoms with Crippen LogP contribution >= 0.6 is 0 Å². The average molecular weight is 1230 g/mol. The van der Waals surface area contributed by atoms with Crippen LogP contribution in [0.25, 0.3) is 0 Å². The largest absolute Gasteiger partial charge is 1.00 e. The fourth-order valence-corrected chi connectivity index (χ4v) is 19.2. The molecule has 16 unspecified atom stereocenters. The SMILES string of the molecule is CC1CCc2cc3ccc2C1CC(S(=O)(=O)[O-])C1C=C2CC(CC4CC(CO)CC#Cc5cc(O)ccc5C2O4)C1c1ccc(cc1)C(N=C(N)N)(C1CCC2CCC(c4ccc5c(c4)C(CNc4ccc[nH]4)NCC5)CC2(O)C1Cc1ccccc1)O3.[Na+]. The summed E-state index contributed by atoms with van der Waals surface area (Å²) in [6, 6.07) is 41.2. The van der Waals surface area contributed by atoms with Gasteiger partial charge in [0.2, 0.25) is 5.72 Å². The van der Waals surface area contributed by atoms with E-state index in [1.54, 1.807) is 12.1 Å². The maximum absolute atomic E-state index is 14.5. The maximum Gasteiger partial charge on any atom is 1.00 e. The molecule has 14 nitrogen and oxygen atoms in total. The van der Waals surface area contributed by atoms with Gasteiger partial charge in [-0.05, 0) is 218 Å². The predicted molar refractivity (Wildman–Crippen MR) is 340 cm³/mol. The summed E-state index contributed by atoms with van der Waals surface area (Å²) in [5.74, 6) is 5.49. The molecule has 0 radical (unpaired) electrons. The molecular formula is C73H83N6NaO8S. The number of fused-ring (bicyclic) bond motifs is 11. The van der Waals surface area contributed by atoms with E-state index >= 15 is 0 Å². The Bertz CT molecular complexity index is 3790. The summed E-state index contributed by atoms with van der Waals surface area (Å²) in [5.41, 5.74) is 21.7. The molecule has 0 spiro atoms. The summed E-state index contributed by atoms with van der Waals surface area (Å²) < 4.78 is 58.4. The quantitative estimate of drug-likeness (QED) is 0.0162. The zero-order valence-electron chi connectivity index (χ0n) is 51.2. The van der Waals surface area contributed by atoms with Crippen LogP contribution in [0.15, 0.2) is 144 Å². The van der Waals surface area contributed by atoms with Gasteiger partial charge in [0.1, 0.15) is 23.4 Å². The molecule has 5 aromatic carbocycles. The van der Waals surface area contributed by atoms with E-state index in [0.29, 0.717) is 61.8 Å². The number of nitrogens with one attached hydrogen (secondary N) is 3. The molecule has 89 heavy (non-hydrogen) atoms. The zero-order valence-corrected chi connectivity index (χ0v) is 54.0. The summed E-state index contributed by atoms with van der Waals surface area (Å²) in [6.45, 7) is 3.72. The third-order valence-corrected chi connectivity index (χ3v) is 23.5. The minimum atomic E-state index is -4.96. The first-order valence-electron chi connectivity index (χ1n) is 32.4. The Morgan fingerprint density at radius 3 is 2.46 bits per heavy atom. The molecule has 10 N–H and O–H groups in total. The number of aromatic nitrogens is 1. The van der Waals surface area contributed by atoms with E-state index < -0.39 is 56.5 Å². The van der Waals surface area contributed by atoms with Crippen molar-refractivity contribution in [1.29, 1.82) is 0 Å². The van der Waals surface area contributed by atoms with Crippen molar-refractivity contribution in [2.75, 3.05) is 25.0 Å². The first-order valence-corrected chi connectivity index (χ1v) is 33.8. The van der Waals surface area contributed by atoms with Gasteiger partial charge in [0.05, 0.1) is 27.1 Å². The molecule has 2 saturated carbocycles. The number of H-pyrrole nitrogens is 1. The first kappa shape index (κ1) is 61.9. The van der Waals surface area contributed by atoms with E-state index in [9.17, 15) is 28.3 Å². The van der Waals surface area contributed by atoms with Gasteiger partial charge in [-0.3, -0.25) is 0 Å². The normalized spacial score (nSPS) is 32.7. The zero-order chi connectivity index (χ0) is 60.5. The van der Waals surface area contributed by atoms with Gasteiger partial charge < -0.3 is 56.4 Å². The van der Waals surface area contributed by atoms with E-state index in [4.69, 9.17) is 25.9 Å². The molecule has 16 heteroatoms. The molecule has 16 atom stereocenters. The Morgan fingerprint density at radius 1 is 0.865 bits per heavy atom. The van der Waals surface area contributed by atoms with Gasteiger partial charge in [-0.1, -0.05) is 110 Å². The molecule has 6 aromatic rings. The molecule has 1 saturated heterocycles. The molecule has 10 aliphatic rings. The number of nitrogens with two attached hydrogens (primary N) is 2. The summed E-state index contributed by atoms with van der Waals surface area (Å²) >= 11 is 0. The number of phenols is 1. The van der Waals surface area contributed by atoms with Crippen LogP contribution in [0.3, 0.4) is 0 Å². The summed E-state index contributed by atoms with van der Waals surface area (Å²) in [7, 11) is -4.96. The first-order chi connectivity index (χ1) is 42.6. The number of guanidine groups is 1. The second-order valence-corrected chi connectivity index (χ2v) is 28.9. The van der Waals surface area contributed by atoms with Crippen molar-refractivity contribution in [1.82, 2.24) is 10.3 Å².